The van der Waals surface area contributed by atoms with Gasteiger partial charge >= 0.3 is 0 Å². The zero-order valence-corrected chi connectivity index (χ0v) is 11.3. The molecule has 1 aromatic heterocycles. The van der Waals surface area contributed by atoms with Crippen LogP contribution in [0.3, 0.4) is 0 Å². The molecule has 1 aliphatic rings. The number of rotatable bonds is 5. The maximum Gasteiger partial charge on any atom is 0.258 e. The lowest BCUT2D eigenvalue weighted by atomic mass is 10.1. The Hall–Kier alpha value is -2.43. The second-order valence-corrected chi connectivity index (χ2v) is 4.51. The van der Waals surface area contributed by atoms with E-state index in [9.17, 15) is 9.59 Å². The number of allylic oxidation sites excluding steroid dienone is 3. The summed E-state index contributed by atoms with van der Waals surface area (Å²) in [5.41, 5.74) is 3.21. The molecule has 0 aliphatic heterocycles. The molecular weight excluding hydrogens is 256 g/mol. The van der Waals surface area contributed by atoms with Crippen LogP contribution in [0.1, 0.15) is 18.1 Å². The molecule has 1 heterocycles. The number of pyridine rings is 1. The first-order valence-electron chi connectivity index (χ1n) is 6.34. The number of nitrogens with zero attached hydrogens (tertiary/aromatic N) is 1. The van der Waals surface area contributed by atoms with Gasteiger partial charge in [-0.05, 0) is 35.8 Å². The first-order valence-corrected chi connectivity index (χ1v) is 6.34. The van der Waals surface area contributed by atoms with Gasteiger partial charge in [-0.25, -0.2) is 0 Å². The van der Waals surface area contributed by atoms with Crippen LogP contribution < -0.4 is 5.32 Å². The van der Waals surface area contributed by atoms with Crippen LogP contribution in [-0.4, -0.2) is 30.3 Å². The number of fused-ring (bicyclic) bond motifs is 1. The second kappa shape index (κ2) is 6.65. The molecule has 1 amide bonds. The molecule has 2 rings (SSSR count). The van der Waals surface area contributed by atoms with Gasteiger partial charge in [0.1, 0.15) is 12.0 Å². The zero-order valence-electron chi connectivity index (χ0n) is 11.3. The summed E-state index contributed by atoms with van der Waals surface area (Å²) < 4.78 is 5.52. The fourth-order valence-electron chi connectivity index (χ4n) is 1.96. The average Bonchev–Trinajstić information content (AvgIpc) is 2.60. The van der Waals surface area contributed by atoms with Crippen LogP contribution in [0.2, 0.25) is 0 Å². The van der Waals surface area contributed by atoms with Crippen molar-refractivity contribution in [2.24, 2.45) is 0 Å². The standard InChI is InChI=1S/C15H16N2O3/c1-11-6-13-9-16-3-2-12(13)8-14(7-11)20-10-15(19)17-4-5-18/h2-3,5-7,9H,4,8,10H2,1H3,(H,17,19). The maximum absolute atomic E-state index is 11.4. The van der Waals surface area contributed by atoms with Gasteiger partial charge in [0, 0.05) is 18.8 Å². The summed E-state index contributed by atoms with van der Waals surface area (Å²) in [4.78, 5) is 25.7. The first-order chi connectivity index (χ1) is 9.69. The molecule has 0 unspecified atom stereocenters. The van der Waals surface area contributed by atoms with Crippen molar-refractivity contribution in [3.8, 4) is 0 Å². The van der Waals surface area contributed by atoms with E-state index in [0.29, 0.717) is 12.7 Å². The molecule has 0 saturated heterocycles. The molecule has 5 heteroatoms. The van der Waals surface area contributed by atoms with Crippen LogP contribution in [-0.2, 0) is 20.7 Å². The third-order valence-electron chi connectivity index (χ3n) is 2.85. The van der Waals surface area contributed by atoms with Gasteiger partial charge in [0.2, 0.25) is 0 Å². The highest BCUT2D eigenvalue weighted by Crippen LogP contribution is 2.22. The SMILES string of the molecule is CC1=Cc2cnccc2CC(OCC(=O)NCC=O)=C1. The molecule has 0 radical (unpaired) electrons. The molecule has 0 atom stereocenters. The van der Waals surface area contributed by atoms with Crippen LogP contribution >= 0.6 is 0 Å². The predicted octanol–water partition coefficient (Wildman–Crippen LogP) is 1.26. The molecule has 0 spiro atoms. The Kier molecular flexibility index (Phi) is 4.65. The number of aromatic nitrogens is 1. The summed E-state index contributed by atoms with van der Waals surface area (Å²) >= 11 is 0. The minimum atomic E-state index is -0.307. The molecule has 20 heavy (non-hydrogen) atoms. The van der Waals surface area contributed by atoms with Crippen molar-refractivity contribution in [3.63, 3.8) is 0 Å². The number of hydrogen-bond donors (Lipinski definition) is 1. The highest BCUT2D eigenvalue weighted by molar-refractivity contribution is 5.79. The van der Waals surface area contributed by atoms with Gasteiger partial charge in [0.15, 0.2) is 6.61 Å². The average molecular weight is 272 g/mol. The van der Waals surface area contributed by atoms with E-state index >= 15 is 0 Å². The second-order valence-electron chi connectivity index (χ2n) is 4.51. The fourth-order valence-corrected chi connectivity index (χ4v) is 1.96. The van der Waals surface area contributed by atoms with Gasteiger partial charge < -0.3 is 14.8 Å². The first kappa shape index (κ1) is 14.0. The number of ether oxygens (including phenoxy) is 1. The lowest BCUT2D eigenvalue weighted by Crippen LogP contribution is -2.29. The van der Waals surface area contributed by atoms with Gasteiger partial charge in [-0.1, -0.05) is 6.08 Å². The zero-order chi connectivity index (χ0) is 14.4. The molecular formula is C15H16N2O3. The minimum Gasteiger partial charge on any atom is -0.488 e. The molecule has 104 valence electrons. The molecule has 0 aromatic carbocycles. The Bertz CT molecular complexity index is 576. The number of carbonyl (C=O) groups excluding carboxylic acids is 2. The number of nitrogens with one attached hydrogen (secondary N) is 1. The number of amides is 1. The van der Waals surface area contributed by atoms with Crippen LogP contribution in [0.25, 0.3) is 6.08 Å². The number of carbonyl (C=O) groups is 2. The Balaban J connectivity index is 2.02. The van der Waals surface area contributed by atoms with Crippen molar-refractivity contribution in [1.82, 2.24) is 10.3 Å². The normalized spacial score (nSPS) is 13.4. The van der Waals surface area contributed by atoms with Crippen molar-refractivity contribution in [2.75, 3.05) is 13.2 Å². The van der Waals surface area contributed by atoms with E-state index in [0.717, 1.165) is 22.5 Å². The van der Waals surface area contributed by atoms with E-state index in [1.807, 2.05) is 31.3 Å². The van der Waals surface area contributed by atoms with Crippen molar-refractivity contribution < 1.29 is 14.3 Å². The largest absolute Gasteiger partial charge is 0.488 e. The topological polar surface area (TPSA) is 68.3 Å². The summed E-state index contributed by atoms with van der Waals surface area (Å²) in [6, 6.07) is 1.94. The Morgan fingerprint density at radius 3 is 3.15 bits per heavy atom. The smallest absolute Gasteiger partial charge is 0.258 e. The molecule has 0 fully saturated rings. The van der Waals surface area contributed by atoms with E-state index < -0.39 is 0 Å². The van der Waals surface area contributed by atoms with E-state index in [1.54, 1.807) is 6.20 Å². The van der Waals surface area contributed by atoms with E-state index in [-0.39, 0.29) is 19.1 Å². The fraction of sp³-hybridized carbons (Fsp3) is 0.267. The van der Waals surface area contributed by atoms with Crippen LogP contribution in [0.15, 0.2) is 35.9 Å². The Morgan fingerprint density at radius 2 is 2.35 bits per heavy atom. The lowest BCUT2D eigenvalue weighted by Gasteiger charge is -2.10. The number of hydrogen-bond acceptors (Lipinski definition) is 4. The summed E-state index contributed by atoms with van der Waals surface area (Å²) in [6.45, 7) is 1.89. The summed E-state index contributed by atoms with van der Waals surface area (Å²) in [6.07, 6.45) is 8.75. The molecule has 1 aliphatic carbocycles. The van der Waals surface area contributed by atoms with Crippen molar-refractivity contribution >= 4 is 18.3 Å². The monoisotopic (exact) mass is 272 g/mol. The summed E-state index contributed by atoms with van der Waals surface area (Å²) in [7, 11) is 0. The third-order valence-corrected chi connectivity index (χ3v) is 2.85. The van der Waals surface area contributed by atoms with Gasteiger partial charge in [-0.15, -0.1) is 0 Å². The van der Waals surface area contributed by atoms with Gasteiger partial charge in [0.25, 0.3) is 5.91 Å². The third kappa shape index (κ3) is 3.78. The van der Waals surface area contributed by atoms with E-state index in [1.165, 1.54) is 0 Å². The van der Waals surface area contributed by atoms with Crippen LogP contribution in [0, 0.1) is 0 Å². The highest BCUT2D eigenvalue weighted by Gasteiger charge is 2.11. The number of aldehydes is 1. The summed E-state index contributed by atoms with van der Waals surface area (Å²) in [5.74, 6) is 0.420. The van der Waals surface area contributed by atoms with Crippen molar-refractivity contribution in [3.05, 3.63) is 47.0 Å². The quantitative estimate of drug-likeness (QED) is 0.819. The Morgan fingerprint density at radius 1 is 1.50 bits per heavy atom. The molecule has 1 N–H and O–H groups in total. The van der Waals surface area contributed by atoms with Crippen molar-refractivity contribution in [2.45, 2.75) is 13.3 Å². The van der Waals surface area contributed by atoms with Gasteiger partial charge in [0.05, 0.1) is 6.54 Å². The molecule has 0 bridgehead atoms. The highest BCUT2D eigenvalue weighted by atomic mass is 16.5. The maximum atomic E-state index is 11.4. The van der Waals surface area contributed by atoms with Gasteiger partial charge in [-0.3, -0.25) is 9.78 Å². The van der Waals surface area contributed by atoms with Crippen LogP contribution in [0.5, 0.6) is 0 Å². The molecule has 5 nitrogen and oxygen atoms in total. The van der Waals surface area contributed by atoms with Crippen molar-refractivity contribution in [1.29, 1.82) is 0 Å². The summed E-state index contributed by atoms with van der Waals surface area (Å²) in [5, 5.41) is 2.43. The van der Waals surface area contributed by atoms with E-state index in [4.69, 9.17) is 4.74 Å². The van der Waals surface area contributed by atoms with Crippen LogP contribution in [0.4, 0.5) is 0 Å². The Labute approximate surface area is 117 Å². The molecule has 1 aromatic rings. The van der Waals surface area contributed by atoms with E-state index in [2.05, 4.69) is 10.3 Å². The lowest BCUT2D eigenvalue weighted by molar-refractivity contribution is -0.125. The van der Waals surface area contributed by atoms with Gasteiger partial charge in [-0.2, -0.15) is 0 Å². The predicted molar refractivity (Wildman–Crippen MR) is 74.7 cm³/mol. The minimum absolute atomic E-state index is 0.00861. The molecule has 0 saturated carbocycles.